The molecule has 0 N–H and O–H groups in total. The molecule has 24 heavy (non-hydrogen) atoms. The summed E-state index contributed by atoms with van der Waals surface area (Å²) in [6.45, 7) is 3.97. The van der Waals surface area contributed by atoms with E-state index >= 15 is 0 Å². The molecule has 3 rings (SSSR count). The molecule has 1 atom stereocenters. The Kier molecular flexibility index (Phi) is 5.96. The van der Waals surface area contributed by atoms with Crippen molar-refractivity contribution in [3.05, 3.63) is 24.3 Å². The molecule has 1 aromatic rings. The zero-order valence-electron chi connectivity index (χ0n) is 14.4. The van der Waals surface area contributed by atoms with Gasteiger partial charge in [0, 0.05) is 32.7 Å². The third-order valence-corrected chi connectivity index (χ3v) is 5.00. The van der Waals surface area contributed by atoms with Crippen LogP contribution >= 0.6 is 0 Å². The standard InChI is InChI=1S/C19H27NO4/c1-22-17-2-4-18(5-3-17)24-14-15-6-9-20(10-7-15)19(21)12-16-8-11-23-13-16/h2-5,15-16H,6-14H2,1H3. The van der Waals surface area contributed by atoms with E-state index < -0.39 is 0 Å². The number of hydrogen-bond donors (Lipinski definition) is 0. The van der Waals surface area contributed by atoms with Gasteiger partial charge in [-0.15, -0.1) is 0 Å². The molecule has 5 nitrogen and oxygen atoms in total. The van der Waals surface area contributed by atoms with Crippen molar-refractivity contribution in [3.8, 4) is 11.5 Å². The fraction of sp³-hybridized carbons (Fsp3) is 0.632. The number of hydrogen-bond acceptors (Lipinski definition) is 4. The summed E-state index contributed by atoms with van der Waals surface area (Å²) < 4.78 is 16.4. The van der Waals surface area contributed by atoms with Crippen LogP contribution in [0, 0.1) is 11.8 Å². The van der Waals surface area contributed by atoms with Gasteiger partial charge in [-0.1, -0.05) is 0 Å². The molecule has 0 aliphatic carbocycles. The molecular formula is C19H27NO4. The Hall–Kier alpha value is -1.75. The van der Waals surface area contributed by atoms with Gasteiger partial charge in [-0.05, 0) is 55.4 Å². The van der Waals surface area contributed by atoms with E-state index in [1.54, 1.807) is 7.11 Å². The first kappa shape index (κ1) is 17.1. The summed E-state index contributed by atoms with van der Waals surface area (Å²) >= 11 is 0. The summed E-state index contributed by atoms with van der Waals surface area (Å²) in [5, 5.41) is 0. The molecule has 0 aromatic heterocycles. The van der Waals surface area contributed by atoms with E-state index in [9.17, 15) is 4.79 Å². The third-order valence-electron chi connectivity index (χ3n) is 5.00. The molecule has 132 valence electrons. The Balaban J connectivity index is 1.37. The van der Waals surface area contributed by atoms with Crippen molar-refractivity contribution in [2.24, 2.45) is 11.8 Å². The highest BCUT2D eigenvalue weighted by molar-refractivity contribution is 5.76. The van der Waals surface area contributed by atoms with E-state index in [0.717, 1.165) is 57.1 Å². The molecule has 5 heteroatoms. The smallest absolute Gasteiger partial charge is 0.222 e. The molecule has 0 saturated carbocycles. The third kappa shape index (κ3) is 4.63. The molecule has 0 spiro atoms. The number of methoxy groups -OCH3 is 1. The van der Waals surface area contributed by atoms with Crippen LogP contribution in [0.2, 0.25) is 0 Å². The fourth-order valence-corrected chi connectivity index (χ4v) is 3.36. The van der Waals surface area contributed by atoms with Crippen LogP contribution < -0.4 is 9.47 Å². The maximum absolute atomic E-state index is 12.3. The van der Waals surface area contributed by atoms with E-state index in [4.69, 9.17) is 14.2 Å². The number of nitrogens with zero attached hydrogens (tertiary/aromatic N) is 1. The van der Waals surface area contributed by atoms with Crippen molar-refractivity contribution < 1.29 is 19.0 Å². The van der Waals surface area contributed by atoms with Gasteiger partial charge in [0.1, 0.15) is 11.5 Å². The molecule has 0 bridgehead atoms. The summed E-state index contributed by atoms with van der Waals surface area (Å²) in [6.07, 6.45) is 3.71. The first-order chi connectivity index (χ1) is 11.7. The molecule has 2 saturated heterocycles. The number of rotatable bonds is 6. The van der Waals surface area contributed by atoms with Crippen molar-refractivity contribution in [2.75, 3.05) is 40.0 Å². The lowest BCUT2D eigenvalue weighted by atomic mass is 9.96. The Labute approximate surface area is 143 Å². The predicted octanol–water partition coefficient (Wildman–Crippen LogP) is 2.74. The van der Waals surface area contributed by atoms with Crippen molar-refractivity contribution in [2.45, 2.75) is 25.7 Å². The first-order valence-corrected chi connectivity index (χ1v) is 8.87. The number of benzene rings is 1. The van der Waals surface area contributed by atoms with E-state index in [-0.39, 0.29) is 0 Å². The minimum Gasteiger partial charge on any atom is -0.497 e. The highest BCUT2D eigenvalue weighted by atomic mass is 16.5. The van der Waals surface area contributed by atoms with Crippen LogP contribution in [0.25, 0.3) is 0 Å². The lowest BCUT2D eigenvalue weighted by molar-refractivity contribution is -0.133. The van der Waals surface area contributed by atoms with Crippen molar-refractivity contribution in [1.82, 2.24) is 4.90 Å². The molecule has 2 aliphatic heterocycles. The van der Waals surface area contributed by atoms with Crippen molar-refractivity contribution in [1.29, 1.82) is 0 Å². The van der Waals surface area contributed by atoms with Crippen LogP contribution in [-0.4, -0.2) is 50.8 Å². The summed E-state index contributed by atoms with van der Waals surface area (Å²) in [7, 11) is 1.66. The average Bonchev–Trinajstić information content (AvgIpc) is 3.14. The largest absolute Gasteiger partial charge is 0.497 e. The highest BCUT2D eigenvalue weighted by Crippen LogP contribution is 2.23. The summed E-state index contributed by atoms with van der Waals surface area (Å²) in [5.74, 6) is 2.94. The van der Waals surface area contributed by atoms with Gasteiger partial charge >= 0.3 is 0 Å². The van der Waals surface area contributed by atoms with Gasteiger partial charge in [-0.25, -0.2) is 0 Å². The lowest BCUT2D eigenvalue weighted by Gasteiger charge is -2.32. The SMILES string of the molecule is COc1ccc(OCC2CCN(C(=O)CC3CCOC3)CC2)cc1. The van der Waals surface area contributed by atoms with Crippen molar-refractivity contribution >= 4 is 5.91 Å². The van der Waals surface area contributed by atoms with Gasteiger partial charge in [0.15, 0.2) is 0 Å². The number of likely N-dealkylation sites (tertiary alicyclic amines) is 1. The van der Waals surface area contributed by atoms with Gasteiger partial charge in [-0.2, -0.15) is 0 Å². The van der Waals surface area contributed by atoms with E-state index in [0.29, 0.717) is 30.8 Å². The Morgan fingerprint density at radius 2 is 1.83 bits per heavy atom. The fourth-order valence-electron chi connectivity index (χ4n) is 3.36. The van der Waals surface area contributed by atoms with Crippen LogP contribution in [-0.2, 0) is 9.53 Å². The Morgan fingerprint density at radius 3 is 2.46 bits per heavy atom. The minimum absolute atomic E-state index is 0.292. The molecule has 2 heterocycles. The molecule has 1 unspecified atom stereocenters. The zero-order chi connectivity index (χ0) is 16.8. The predicted molar refractivity (Wildman–Crippen MR) is 91.3 cm³/mol. The average molecular weight is 333 g/mol. The number of ether oxygens (including phenoxy) is 3. The van der Waals surface area contributed by atoms with Gasteiger partial charge in [-0.3, -0.25) is 4.79 Å². The molecular weight excluding hydrogens is 306 g/mol. The van der Waals surface area contributed by atoms with Gasteiger partial charge in [0.2, 0.25) is 5.91 Å². The molecule has 2 aliphatic rings. The molecule has 1 aromatic carbocycles. The number of amides is 1. The summed E-state index contributed by atoms with van der Waals surface area (Å²) in [6, 6.07) is 7.68. The maximum Gasteiger partial charge on any atom is 0.222 e. The normalized spacial score (nSPS) is 21.7. The minimum atomic E-state index is 0.292. The quantitative estimate of drug-likeness (QED) is 0.803. The topological polar surface area (TPSA) is 48.0 Å². The van der Waals surface area contributed by atoms with Crippen LogP contribution in [0.15, 0.2) is 24.3 Å². The van der Waals surface area contributed by atoms with Gasteiger partial charge < -0.3 is 19.1 Å². The summed E-state index contributed by atoms with van der Waals surface area (Å²) in [4.78, 5) is 14.3. The first-order valence-electron chi connectivity index (χ1n) is 8.87. The number of piperidine rings is 1. The Bertz CT molecular complexity index is 517. The van der Waals surface area contributed by atoms with Crippen LogP contribution in [0.3, 0.4) is 0 Å². The Morgan fingerprint density at radius 1 is 1.12 bits per heavy atom. The molecule has 1 amide bonds. The maximum atomic E-state index is 12.3. The second-order valence-corrected chi connectivity index (χ2v) is 6.74. The van der Waals surface area contributed by atoms with E-state index in [2.05, 4.69) is 0 Å². The van der Waals surface area contributed by atoms with E-state index in [1.807, 2.05) is 29.2 Å². The lowest BCUT2D eigenvalue weighted by Crippen LogP contribution is -2.40. The van der Waals surface area contributed by atoms with Crippen LogP contribution in [0.4, 0.5) is 0 Å². The second kappa shape index (κ2) is 8.38. The molecule has 2 fully saturated rings. The number of carbonyl (C=O) groups is 1. The van der Waals surface area contributed by atoms with Gasteiger partial charge in [0.05, 0.1) is 13.7 Å². The highest BCUT2D eigenvalue weighted by Gasteiger charge is 2.26. The number of carbonyl (C=O) groups excluding carboxylic acids is 1. The monoisotopic (exact) mass is 333 g/mol. The van der Waals surface area contributed by atoms with Crippen LogP contribution in [0.1, 0.15) is 25.7 Å². The van der Waals surface area contributed by atoms with Crippen molar-refractivity contribution in [3.63, 3.8) is 0 Å². The zero-order valence-corrected chi connectivity index (χ0v) is 14.4. The second-order valence-electron chi connectivity index (χ2n) is 6.74. The van der Waals surface area contributed by atoms with E-state index in [1.165, 1.54) is 0 Å². The molecule has 0 radical (unpaired) electrons. The van der Waals surface area contributed by atoms with Gasteiger partial charge in [0.25, 0.3) is 0 Å². The summed E-state index contributed by atoms with van der Waals surface area (Å²) in [5.41, 5.74) is 0. The van der Waals surface area contributed by atoms with Crippen LogP contribution in [0.5, 0.6) is 11.5 Å².